The summed E-state index contributed by atoms with van der Waals surface area (Å²) < 4.78 is 24.7. The highest BCUT2D eigenvalue weighted by molar-refractivity contribution is 7.19. The van der Waals surface area contributed by atoms with Gasteiger partial charge in [0.25, 0.3) is 5.82 Å². The monoisotopic (exact) mass is 1040 g/mol. The van der Waals surface area contributed by atoms with Gasteiger partial charge in [-0.1, -0.05) is 175 Å². The quantitative estimate of drug-likeness (QED) is 0.0187. The molecule has 0 fully saturated rings. The standard InChI is InChI=1S/C24H20B.C20H38O4.C14H25N2O2.C7H14O2/c1-5-13-21(14-6-1)25(22-15-7-2-8-16-22,23-17-9-3-10-18-23)24-19-11-4-12-20-24;1-7-19(3,4)17(21)23-15-13-11-9-10-12-14-16-24-18(22)20(5,6)8-2;1-6-14(3,4)13(17)18-11-7-8-16-10-9-15(5)12(16)2;1-5-7(2,3)6(8)9-4/h1-20H;7-16H2,1-6H3;9-10H,6-8,11H2,1-5H3;5H2,1-4H3/q-1;;+1;. The Morgan fingerprint density at radius 3 is 0.974 bits per heavy atom. The lowest BCUT2D eigenvalue weighted by Gasteiger charge is -2.44. The number of ether oxygens (including phenoxy) is 4. The number of hydrogen-bond donors (Lipinski definition) is 0. The molecule has 11 heteroatoms. The molecule has 5 rings (SSSR count). The number of aromatic nitrogens is 2. The van der Waals surface area contributed by atoms with Gasteiger partial charge in [-0.15, -0.1) is 0 Å². The molecule has 0 spiro atoms. The highest BCUT2D eigenvalue weighted by Gasteiger charge is 2.32. The van der Waals surface area contributed by atoms with Crippen LogP contribution < -0.4 is 26.4 Å². The molecule has 4 aromatic carbocycles. The zero-order valence-corrected chi connectivity index (χ0v) is 49.5. The van der Waals surface area contributed by atoms with Crippen molar-refractivity contribution in [3.05, 3.63) is 140 Å². The van der Waals surface area contributed by atoms with Crippen molar-refractivity contribution in [2.24, 2.45) is 28.7 Å². The second-order valence-electron chi connectivity index (χ2n) is 22.5. The predicted molar refractivity (Wildman–Crippen MR) is 314 cm³/mol. The predicted octanol–water partition coefficient (Wildman–Crippen LogP) is 11.9. The molecule has 0 N–H and O–H groups in total. The first-order chi connectivity index (χ1) is 36.0. The van der Waals surface area contributed by atoms with Crippen molar-refractivity contribution in [3.8, 4) is 0 Å². The second kappa shape index (κ2) is 33.2. The summed E-state index contributed by atoms with van der Waals surface area (Å²) in [4.78, 5) is 46.2. The number of benzene rings is 4. The van der Waals surface area contributed by atoms with Crippen LogP contribution in [0.3, 0.4) is 0 Å². The van der Waals surface area contributed by atoms with E-state index in [4.69, 9.17) is 14.2 Å². The van der Waals surface area contributed by atoms with Gasteiger partial charge in [0.05, 0.1) is 62.2 Å². The van der Waals surface area contributed by atoms with Crippen molar-refractivity contribution in [2.75, 3.05) is 26.9 Å². The van der Waals surface area contributed by atoms with Crippen LogP contribution in [0.4, 0.5) is 0 Å². The fraction of sp³-hybridized carbons (Fsp3) is 0.523. The van der Waals surface area contributed by atoms with Crippen molar-refractivity contribution in [2.45, 2.75) is 167 Å². The number of rotatable bonds is 25. The van der Waals surface area contributed by atoms with Crippen LogP contribution in [0.15, 0.2) is 134 Å². The fourth-order valence-electron chi connectivity index (χ4n) is 8.04. The molecule has 1 aromatic heterocycles. The Kier molecular flexibility index (Phi) is 28.9. The average Bonchev–Trinajstić information content (AvgIpc) is 3.76. The molecule has 0 aliphatic heterocycles. The Morgan fingerprint density at radius 2 is 0.724 bits per heavy atom. The molecule has 1 heterocycles. The van der Waals surface area contributed by atoms with E-state index in [2.05, 4.69) is 142 Å². The highest BCUT2D eigenvalue weighted by Crippen LogP contribution is 2.24. The van der Waals surface area contributed by atoms with Gasteiger partial charge >= 0.3 is 23.9 Å². The molecule has 0 saturated carbocycles. The number of unbranched alkanes of at least 4 members (excludes halogenated alkanes) is 5. The Morgan fingerprint density at radius 1 is 0.447 bits per heavy atom. The van der Waals surface area contributed by atoms with Crippen LogP contribution in [-0.4, -0.2) is 61.5 Å². The molecule has 0 aliphatic carbocycles. The molecule has 0 amide bonds. The molecule has 5 aromatic rings. The molecule has 0 bridgehead atoms. The van der Waals surface area contributed by atoms with E-state index in [0.29, 0.717) is 19.8 Å². The Labute approximate surface area is 459 Å². The summed E-state index contributed by atoms with van der Waals surface area (Å²) in [7, 11) is 3.44. The van der Waals surface area contributed by atoms with Crippen LogP contribution in [0.5, 0.6) is 0 Å². The molecule has 0 saturated heterocycles. The Hall–Kier alpha value is -5.97. The average molecular weight is 1050 g/mol. The van der Waals surface area contributed by atoms with Gasteiger partial charge in [-0.2, -0.15) is 21.9 Å². The maximum absolute atomic E-state index is 11.8. The summed E-state index contributed by atoms with van der Waals surface area (Å²) in [6.45, 7) is 27.7. The van der Waals surface area contributed by atoms with E-state index in [-0.39, 0.29) is 45.5 Å². The van der Waals surface area contributed by atoms with Gasteiger partial charge in [0.15, 0.2) is 0 Å². The largest absolute Gasteiger partial charge is 0.469 e. The first-order valence-electron chi connectivity index (χ1n) is 28.0. The summed E-state index contributed by atoms with van der Waals surface area (Å²) in [6.07, 6.45) is 13.2. The lowest BCUT2D eigenvalue weighted by atomic mass is 9.13. The molecule has 76 heavy (non-hydrogen) atoms. The molecular weight excluding hydrogens is 948 g/mol. The van der Waals surface area contributed by atoms with Crippen LogP contribution in [-0.2, 0) is 51.7 Å². The van der Waals surface area contributed by atoms with Crippen molar-refractivity contribution in [1.29, 1.82) is 0 Å². The van der Waals surface area contributed by atoms with Crippen molar-refractivity contribution >= 4 is 51.9 Å². The lowest BCUT2D eigenvalue weighted by Crippen LogP contribution is -2.74. The fourth-order valence-corrected chi connectivity index (χ4v) is 8.04. The van der Waals surface area contributed by atoms with E-state index < -0.39 is 6.15 Å². The number of imidazole rings is 1. The van der Waals surface area contributed by atoms with E-state index in [1.807, 2.05) is 103 Å². The van der Waals surface area contributed by atoms with Gasteiger partial charge in [-0.3, -0.25) is 19.2 Å². The number of carbonyl (C=O) groups is 4. The summed E-state index contributed by atoms with van der Waals surface area (Å²) in [6, 6.07) is 43.5. The van der Waals surface area contributed by atoms with Gasteiger partial charge in [0, 0.05) is 13.3 Å². The van der Waals surface area contributed by atoms with Crippen molar-refractivity contribution in [1.82, 2.24) is 4.57 Å². The van der Waals surface area contributed by atoms with Gasteiger partial charge in [-0.25, -0.2) is 9.13 Å². The van der Waals surface area contributed by atoms with E-state index in [1.54, 1.807) is 0 Å². The number of methoxy groups -OCH3 is 1. The number of aryl methyl sites for hydroxylation is 2. The summed E-state index contributed by atoms with van der Waals surface area (Å²) in [5, 5.41) is 0. The minimum Gasteiger partial charge on any atom is -0.469 e. The number of carbonyl (C=O) groups excluding carboxylic acids is 4. The number of hydrogen-bond acceptors (Lipinski definition) is 8. The Bertz CT molecular complexity index is 2220. The van der Waals surface area contributed by atoms with E-state index in [9.17, 15) is 19.2 Å². The summed E-state index contributed by atoms with van der Waals surface area (Å²) in [5.41, 5.74) is 3.94. The first kappa shape index (κ1) is 66.1. The molecule has 10 nitrogen and oxygen atoms in total. The van der Waals surface area contributed by atoms with E-state index in [0.717, 1.165) is 77.2 Å². The number of nitrogens with zero attached hydrogens (tertiary/aromatic N) is 2. The van der Waals surface area contributed by atoms with Gasteiger partial charge in [-0.05, 0) is 93.9 Å². The van der Waals surface area contributed by atoms with Crippen LogP contribution in [0.25, 0.3) is 0 Å². The van der Waals surface area contributed by atoms with Crippen LogP contribution in [0.1, 0.15) is 160 Å². The summed E-state index contributed by atoms with van der Waals surface area (Å²) in [5.74, 6) is 0.781. The number of esters is 4. The summed E-state index contributed by atoms with van der Waals surface area (Å²) >= 11 is 0. The molecule has 418 valence electrons. The maximum Gasteiger partial charge on any atom is 0.311 e. The molecule has 0 aliphatic rings. The van der Waals surface area contributed by atoms with Crippen LogP contribution in [0, 0.1) is 28.6 Å². The van der Waals surface area contributed by atoms with Crippen molar-refractivity contribution < 1.29 is 42.7 Å². The second-order valence-corrected chi connectivity index (χ2v) is 22.5. The van der Waals surface area contributed by atoms with Gasteiger partial charge < -0.3 is 18.9 Å². The third-order valence-corrected chi connectivity index (χ3v) is 15.3. The maximum atomic E-state index is 11.8. The third kappa shape index (κ3) is 20.9. The van der Waals surface area contributed by atoms with Gasteiger partial charge in [0.2, 0.25) is 0 Å². The van der Waals surface area contributed by atoms with Crippen LogP contribution >= 0.6 is 0 Å². The van der Waals surface area contributed by atoms with Crippen LogP contribution in [0.2, 0.25) is 0 Å². The minimum absolute atomic E-state index is 0.0955. The molecule has 0 atom stereocenters. The Balaban J connectivity index is 0.000000365. The topological polar surface area (TPSA) is 114 Å². The first-order valence-corrected chi connectivity index (χ1v) is 28.0. The zero-order chi connectivity index (χ0) is 56.8. The van der Waals surface area contributed by atoms with E-state index in [1.165, 1.54) is 34.8 Å². The molecule has 0 unspecified atom stereocenters. The third-order valence-electron chi connectivity index (χ3n) is 15.3. The van der Waals surface area contributed by atoms with Gasteiger partial charge in [0.1, 0.15) is 18.5 Å². The molecule has 0 radical (unpaired) electrons. The lowest BCUT2D eigenvalue weighted by molar-refractivity contribution is -0.677. The smallest absolute Gasteiger partial charge is 0.311 e. The van der Waals surface area contributed by atoms with Crippen molar-refractivity contribution in [3.63, 3.8) is 0 Å². The highest BCUT2D eigenvalue weighted by atomic mass is 16.5. The zero-order valence-electron chi connectivity index (χ0n) is 49.5. The van der Waals surface area contributed by atoms with E-state index >= 15 is 0 Å². The molecular formula is C65H97BN2O8. The minimum atomic E-state index is -1.22. The SMILES string of the molecule is CCC(C)(C)C(=O)OC.CCC(C)(C)C(=O)OCCCCCCCCOC(=O)C(C)(C)CC.CCC(C)(C)C(=O)OCCCn1cc[n+](C)c1C.c1ccc([B-](c2ccccc2)(c2ccccc2)c2ccccc2)cc1. The normalized spacial score (nSPS) is 11.6.